The van der Waals surface area contributed by atoms with Crippen molar-refractivity contribution >= 4 is 27.7 Å². The molecule has 2 rings (SSSR count). The predicted octanol–water partition coefficient (Wildman–Crippen LogP) is 2.50. The van der Waals surface area contributed by atoms with Gasteiger partial charge in [-0.3, -0.25) is 4.79 Å². The number of ketones is 1. The molecule has 1 aromatic rings. The Morgan fingerprint density at radius 2 is 2.00 bits per heavy atom. The first-order valence-corrected chi connectivity index (χ1v) is 5.62. The van der Waals surface area contributed by atoms with Crippen LogP contribution >= 0.6 is 15.9 Å². The first kappa shape index (κ1) is 11.1. The summed E-state index contributed by atoms with van der Waals surface area (Å²) >= 11 is 3.28. The molecule has 0 unspecified atom stereocenters. The van der Waals surface area contributed by atoms with Gasteiger partial charge >= 0.3 is 5.97 Å². The lowest BCUT2D eigenvalue weighted by molar-refractivity contribution is -0.115. The molecule has 0 saturated heterocycles. The molecular weight excluding hydrogens is 272 g/mol. The molecule has 0 bridgehead atoms. The van der Waals surface area contributed by atoms with E-state index < -0.39 is 12.1 Å². The molecule has 1 aromatic carbocycles. The molecule has 0 radical (unpaired) electrons. The van der Waals surface area contributed by atoms with Crippen LogP contribution in [0.2, 0.25) is 0 Å². The summed E-state index contributed by atoms with van der Waals surface area (Å²) in [5.74, 6) is -0.412. The zero-order chi connectivity index (χ0) is 11.5. The summed E-state index contributed by atoms with van der Waals surface area (Å²) in [7, 11) is 0. The van der Waals surface area contributed by atoms with Gasteiger partial charge in [0.15, 0.2) is 5.78 Å². The van der Waals surface area contributed by atoms with Gasteiger partial charge in [0, 0.05) is 4.47 Å². The van der Waals surface area contributed by atoms with Crippen molar-refractivity contribution in [1.82, 2.24) is 0 Å². The zero-order valence-corrected chi connectivity index (χ0v) is 9.94. The number of ether oxygens (including phenoxy) is 1. The van der Waals surface area contributed by atoms with E-state index in [1.807, 2.05) is 0 Å². The van der Waals surface area contributed by atoms with Crippen LogP contribution in [0.25, 0.3) is 0 Å². The van der Waals surface area contributed by atoms with E-state index in [2.05, 4.69) is 15.9 Å². The van der Waals surface area contributed by atoms with Gasteiger partial charge in [0.1, 0.15) is 6.10 Å². The Morgan fingerprint density at radius 1 is 1.31 bits per heavy atom. The number of carbonyl (C=O) groups excluding carboxylic acids is 2. The molecule has 0 spiro atoms. The second-order valence-electron chi connectivity index (χ2n) is 3.48. The quantitative estimate of drug-likeness (QED) is 0.782. The van der Waals surface area contributed by atoms with Crippen LogP contribution in [0.15, 0.2) is 40.9 Å². The monoisotopic (exact) mass is 280 g/mol. The Kier molecular flexibility index (Phi) is 3.19. The minimum atomic E-state index is -0.413. The Balaban J connectivity index is 2.01. The number of carbonyl (C=O) groups is 2. The molecule has 1 aliphatic rings. The Hall–Kier alpha value is -1.42. The summed E-state index contributed by atoms with van der Waals surface area (Å²) in [6.45, 7) is 0. The lowest BCUT2D eigenvalue weighted by Gasteiger charge is -2.09. The standard InChI is InChI=1S/C12H9BrO3/c13-9-3-1-8(2-4-9)12(15)16-11-6-5-10(14)7-11/h1-6,11H,7H2/t11-/m1/s1. The van der Waals surface area contributed by atoms with E-state index in [9.17, 15) is 9.59 Å². The van der Waals surface area contributed by atoms with Gasteiger partial charge in [-0.05, 0) is 36.4 Å². The topological polar surface area (TPSA) is 43.4 Å². The van der Waals surface area contributed by atoms with Gasteiger partial charge in [-0.15, -0.1) is 0 Å². The number of hydrogen-bond acceptors (Lipinski definition) is 3. The van der Waals surface area contributed by atoms with Crippen molar-refractivity contribution in [3.8, 4) is 0 Å². The third kappa shape index (κ3) is 2.58. The van der Waals surface area contributed by atoms with Crippen LogP contribution in [0, 0.1) is 0 Å². The molecule has 0 N–H and O–H groups in total. The highest BCUT2D eigenvalue weighted by atomic mass is 79.9. The molecule has 82 valence electrons. The minimum Gasteiger partial charge on any atom is -0.454 e. The zero-order valence-electron chi connectivity index (χ0n) is 8.35. The molecule has 0 fully saturated rings. The maximum Gasteiger partial charge on any atom is 0.338 e. The molecule has 0 aromatic heterocycles. The fraction of sp³-hybridized carbons (Fsp3) is 0.167. The normalized spacial score (nSPS) is 18.8. The average Bonchev–Trinajstić information content (AvgIpc) is 2.65. The molecule has 4 heteroatoms. The molecule has 1 aliphatic carbocycles. The number of esters is 1. The molecule has 1 atom stereocenters. The van der Waals surface area contributed by atoms with E-state index in [4.69, 9.17) is 4.74 Å². The van der Waals surface area contributed by atoms with Gasteiger partial charge in [0.2, 0.25) is 0 Å². The van der Waals surface area contributed by atoms with Gasteiger partial charge in [-0.25, -0.2) is 4.79 Å². The summed E-state index contributed by atoms with van der Waals surface area (Å²) in [5, 5.41) is 0. The lowest BCUT2D eigenvalue weighted by Crippen LogP contribution is -2.15. The smallest absolute Gasteiger partial charge is 0.338 e. The van der Waals surface area contributed by atoms with E-state index >= 15 is 0 Å². The van der Waals surface area contributed by atoms with Crippen molar-refractivity contribution in [2.75, 3.05) is 0 Å². The van der Waals surface area contributed by atoms with Gasteiger partial charge in [-0.2, -0.15) is 0 Å². The highest BCUT2D eigenvalue weighted by Gasteiger charge is 2.20. The summed E-state index contributed by atoms with van der Waals surface area (Å²) in [5.41, 5.74) is 0.482. The van der Waals surface area contributed by atoms with Crippen LogP contribution in [-0.2, 0) is 9.53 Å². The van der Waals surface area contributed by atoms with Gasteiger partial charge < -0.3 is 4.74 Å². The fourth-order valence-electron chi connectivity index (χ4n) is 1.42. The van der Waals surface area contributed by atoms with E-state index in [0.717, 1.165) is 4.47 Å². The van der Waals surface area contributed by atoms with Crippen LogP contribution in [0.1, 0.15) is 16.8 Å². The largest absolute Gasteiger partial charge is 0.454 e. The second-order valence-corrected chi connectivity index (χ2v) is 4.40. The maximum absolute atomic E-state index is 11.6. The van der Waals surface area contributed by atoms with Crippen molar-refractivity contribution < 1.29 is 14.3 Å². The van der Waals surface area contributed by atoms with Crippen molar-refractivity contribution in [3.05, 3.63) is 46.5 Å². The van der Waals surface area contributed by atoms with Crippen LogP contribution in [0.4, 0.5) is 0 Å². The summed E-state index contributed by atoms with van der Waals surface area (Å²) < 4.78 is 6.05. The Labute approximate surface area is 101 Å². The predicted molar refractivity (Wildman–Crippen MR) is 62.1 cm³/mol. The number of benzene rings is 1. The highest BCUT2D eigenvalue weighted by molar-refractivity contribution is 9.10. The molecule has 3 nitrogen and oxygen atoms in total. The first-order chi connectivity index (χ1) is 7.65. The molecule has 0 heterocycles. The molecule has 0 aliphatic heterocycles. The molecular formula is C12H9BrO3. The minimum absolute atomic E-state index is 0.00592. The van der Waals surface area contributed by atoms with Crippen LogP contribution in [0.3, 0.4) is 0 Å². The van der Waals surface area contributed by atoms with E-state index in [-0.39, 0.29) is 12.2 Å². The van der Waals surface area contributed by atoms with Crippen molar-refractivity contribution in [3.63, 3.8) is 0 Å². The van der Waals surface area contributed by atoms with E-state index in [0.29, 0.717) is 5.56 Å². The number of hydrogen-bond donors (Lipinski definition) is 0. The number of rotatable bonds is 2. The highest BCUT2D eigenvalue weighted by Crippen LogP contribution is 2.15. The van der Waals surface area contributed by atoms with Gasteiger partial charge in [0.05, 0.1) is 12.0 Å². The Morgan fingerprint density at radius 3 is 2.56 bits per heavy atom. The van der Waals surface area contributed by atoms with Crippen molar-refractivity contribution in [2.24, 2.45) is 0 Å². The average molecular weight is 281 g/mol. The van der Waals surface area contributed by atoms with Crippen molar-refractivity contribution in [1.29, 1.82) is 0 Å². The second kappa shape index (κ2) is 4.61. The third-order valence-corrected chi connectivity index (χ3v) is 2.77. The summed E-state index contributed by atoms with van der Waals surface area (Å²) in [4.78, 5) is 22.6. The molecule has 0 amide bonds. The van der Waals surface area contributed by atoms with Crippen molar-refractivity contribution in [2.45, 2.75) is 12.5 Å². The Bertz CT molecular complexity index is 448. The van der Waals surface area contributed by atoms with Crippen LogP contribution in [-0.4, -0.2) is 17.9 Å². The third-order valence-electron chi connectivity index (χ3n) is 2.24. The van der Waals surface area contributed by atoms with Crippen LogP contribution in [0.5, 0.6) is 0 Å². The molecule has 0 saturated carbocycles. The fourth-order valence-corrected chi connectivity index (χ4v) is 1.69. The number of allylic oxidation sites excluding steroid dienone is 1. The maximum atomic E-state index is 11.6. The van der Waals surface area contributed by atoms with Gasteiger partial charge in [-0.1, -0.05) is 15.9 Å². The van der Waals surface area contributed by atoms with Crippen LogP contribution < -0.4 is 0 Å². The van der Waals surface area contributed by atoms with E-state index in [1.54, 1.807) is 30.3 Å². The summed E-state index contributed by atoms with van der Waals surface area (Å²) in [6.07, 6.45) is 2.89. The lowest BCUT2D eigenvalue weighted by atomic mass is 10.2. The SMILES string of the molecule is O=C1C=C[C@@H](OC(=O)c2ccc(Br)cc2)C1. The first-order valence-electron chi connectivity index (χ1n) is 4.83. The number of halogens is 1. The van der Waals surface area contributed by atoms with E-state index in [1.165, 1.54) is 6.08 Å². The summed E-state index contributed by atoms with van der Waals surface area (Å²) in [6, 6.07) is 6.89. The molecule has 16 heavy (non-hydrogen) atoms. The van der Waals surface area contributed by atoms with Gasteiger partial charge in [0.25, 0.3) is 0 Å².